The number of rotatable bonds is 3. The highest BCUT2D eigenvalue weighted by atomic mass is 32.2. The maximum Gasteiger partial charge on any atom is 0.331 e. The minimum absolute atomic E-state index is 0.504. The maximum absolute atomic E-state index is 11.6. The molecule has 0 bridgehead atoms. The van der Waals surface area contributed by atoms with Crippen LogP contribution in [0.25, 0.3) is 0 Å². The van der Waals surface area contributed by atoms with Crippen molar-refractivity contribution >= 4 is 16.8 Å². The van der Waals surface area contributed by atoms with Gasteiger partial charge in [0, 0.05) is 16.4 Å². The second kappa shape index (κ2) is 5.46. The van der Waals surface area contributed by atoms with Crippen molar-refractivity contribution in [2.75, 3.05) is 7.11 Å². The van der Waals surface area contributed by atoms with Gasteiger partial charge in [-0.2, -0.15) is 0 Å². The van der Waals surface area contributed by atoms with Crippen LogP contribution in [0.2, 0.25) is 0 Å². The van der Waals surface area contributed by atoms with Crippen molar-refractivity contribution in [1.82, 2.24) is 0 Å². The van der Waals surface area contributed by atoms with E-state index >= 15 is 0 Å². The van der Waals surface area contributed by atoms with Gasteiger partial charge in [0.1, 0.15) is 0 Å². The van der Waals surface area contributed by atoms with E-state index in [1.807, 2.05) is 19.1 Å². The lowest BCUT2D eigenvalue weighted by atomic mass is 10.2. The van der Waals surface area contributed by atoms with Gasteiger partial charge in [-0.25, -0.2) is 9.00 Å². The SMILES string of the molecule is COC(=O)/C=C/S(=O)c1ccc(C)cc1. The zero-order valence-electron chi connectivity index (χ0n) is 8.60. The molecule has 0 radical (unpaired) electrons. The summed E-state index contributed by atoms with van der Waals surface area (Å²) in [6, 6.07) is 7.29. The number of carbonyl (C=O) groups is 1. The summed E-state index contributed by atoms with van der Waals surface area (Å²) in [6.45, 7) is 1.96. The molecular formula is C11H12O3S. The third kappa shape index (κ3) is 3.67. The number of methoxy groups -OCH3 is 1. The van der Waals surface area contributed by atoms with Crippen LogP contribution in [0, 0.1) is 6.92 Å². The van der Waals surface area contributed by atoms with Gasteiger partial charge < -0.3 is 4.74 Å². The molecule has 15 heavy (non-hydrogen) atoms. The Balaban J connectivity index is 2.73. The minimum atomic E-state index is -1.30. The molecule has 0 saturated carbocycles. The summed E-state index contributed by atoms with van der Waals surface area (Å²) >= 11 is 0. The maximum atomic E-state index is 11.6. The predicted molar refractivity (Wildman–Crippen MR) is 58.7 cm³/mol. The Bertz CT molecular complexity index is 393. The Morgan fingerprint density at radius 1 is 1.33 bits per heavy atom. The number of ether oxygens (including phenoxy) is 1. The van der Waals surface area contributed by atoms with Crippen molar-refractivity contribution in [3.8, 4) is 0 Å². The highest BCUT2D eigenvalue weighted by Gasteiger charge is 2.00. The molecule has 80 valence electrons. The van der Waals surface area contributed by atoms with E-state index in [1.54, 1.807) is 12.1 Å². The molecule has 4 heteroatoms. The first kappa shape index (κ1) is 11.7. The average Bonchev–Trinajstić information content (AvgIpc) is 2.26. The summed E-state index contributed by atoms with van der Waals surface area (Å²) in [5.41, 5.74) is 1.10. The highest BCUT2D eigenvalue weighted by Crippen LogP contribution is 2.09. The van der Waals surface area contributed by atoms with Gasteiger partial charge in [0.15, 0.2) is 0 Å². The zero-order valence-corrected chi connectivity index (χ0v) is 9.41. The first-order valence-electron chi connectivity index (χ1n) is 4.37. The lowest BCUT2D eigenvalue weighted by Gasteiger charge is -1.97. The van der Waals surface area contributed by atoms with Gasteiger partial charge in [0.25, 0.3) is 0 Å². The summed E-state index contributed by atoms with van der Waals surface area (Å²) in [6.07, 6.45) is 1.16. The van der Waals surface area contributed by atoms with E-state index in [0.717, 1.165) is 11.6 Å². The minimum Gasteiger partial charge on any atom is -0.466 e. The van der Waals surface area contributed by atoms with Gasteiger partial charge in [0.2, 0.25) is 0 Å². The van der Waals surface area contributed by atoms with Gasteiger partial charge in [-0.1, -0.05) is 17.7 Å². The molecule has 0 aliphatic carbocycles. The van der Waals surface area contributed by atoms with Gasteiger partial charge in [-0.15, -0.1) is 0 Å². The van der Waals surface area contributed by atoms with Crippen LogP contribution in [0.1, 0.15) is 5.56 Å². The van der Waals surface area contributed by atoms with E-state index in [4.69, 9.17) is 0 Å². The topological polar surface area (TPSA) is 43.4 Å². The molecule has 1 unspecified atom stereocenters. The molecule has 1 atom stereocenters. The highest BCUT2D eigenvalue weighted by molar-refractivity contribution is 7.88. The van der Waals surface area contributed by atoms with Crippen LogP contribution in [0.5, 0.6) is 0 Å². The van der Waals surface area contributed by atoms with E-state index in [1.165, 1.54) is 12.5 Å². The normalized spacial score (nSPS) is 12.7. The second-order valence-electron chi connectivity index (χ2n) is 2.94. The third-order valence-corrected chi connectivity index (χ3v) is 2.90. The van der Waals surface area contributed by atoms with E-state index in [0.29, 0.717) is 4.90 Å². The summed E-state index contributed by atoms with van der Waals surface area (Å²) in [4.78, 5) is 11.4. The predicted octanol–water partition coefficient (Wildman–Crippen LogP) is 1.79. The van der Waals surface area contributed by atoms with Crippen molar-refractivity contribution in [3.63, 3.8) is 0 Å². The molecule has 0 aliphatic heterocycles. The molecule has 1 aromatic carbocycles. The number of esters is 1. The van der Waals surface area contributed by atoms with Crippen molar-refractivity contribution in [3.05, 3.63) is 41.3 Å². The largest absolute Gasteiger partial charge is 0.466 e. The smallest absolute Gasteiger partial charge is 0.331 e. The molecule has 0 fully saturated rings. The lowest BCUT2D eigenvalue weighted by molar-refractivity contribution is -0.134. The Morgan fingerprint density at radius 3 is 2.47 bits per heavy atom. The van der Waals surface area contributed by atoms with Crippen molar-refractivity contribution in [2.24, 2.45) is 0 Å². The molecule has 0 saturated heterocycles. The molecular weight excluding hydrogens is 212 g/mol. The Hall–Kier alpha value is -1.42. The van der Waals surface area contributed by atoms with Gasteiger partial charge >= 0.3 is 5.97 Å². The van der Waals surface area contributed by atoms with Crippen LogP contribution in [0.15, 0.2) is 40.6 Å². The van der Waals surface area contributed by atoms with Crippen LogP contribution < -0.4 is 0 Å². The van der Waals surface area contributed by atoms with E-state index in [2.05, 4.69) is 4.74 Å². The number of hydrogen-bond acceptors (Lipinski definition) is 3. The monoisotopic (exact) mass is 224 g/mol. The standard InChI is InChI=1S/C11H12O3S/c1-9-3-5-10(6-4-9)15(13)8-7-11(12)14-2/h3-8H,1-2H3/b8-7+. The summed E-state index contributed by atoms with van der Waals surface area (Å²) in [5, 5.41) is 1.32. The second-order valence-corrected chi connectivity index (χ2v) is 4.27. The van der Waals surface area contributed by atoms with E-state index in [9.17, 15) is 9.00 Å². The first-order valence-corrected chi connectivity index (χ1v) is 5.58. The van der Waals surface area contributed by atoms with Crippen LogP contribution in [0.4, 0.5) is 0 Å². The molecule has 0 spiro atoms. The fraction of sp³-hybridized carbons (Fsp3) is 0.182. The van der Waals surface area contributed by atoms with Crippen molar-refractivity contribution in [1.29, 1.82) is 0 Å². The average molecular weight is 224 g/mol. The number of benzene rings is 1. The van der Waals surface area contributed by atoms with Crippen LogP contribution in [-0.2, 0) is 20.3 Å². The number of hydrogen-bond donors (Lipinski definition) is 0. The number of carbonyl (C=O) groups excluding carboxylic acids is 1. The molecule has 1 aromatic rings. The van der Waals surface area contributed by atoms with E-state index in [-0.39, 0.29) is 0 Å². The molecule has 3 nitrogen and oxygen atoms in total. The first-order chi connectivity index (χ1) is 7.13. The van der Waals surface area contributed by atoms with Crippen molar-refractivity contribution < 1.29 is 13.7 Å². The Morgan fingerprint density at radius 2 is 1.93 bits per heavy atom. The lowest BCUT2D eigenvalue weighted by Crippen LogP contribution is -1.95. The Labute approximate surface area is 91.2 Å². The molecule has 0 aliphatic rings. The van der Waals surface area contributed by atoms with Crippen molar-refractivity contribution in [2.45, 2.75) is 11.8 Å². The van der Waals surface area contributed by atoms with Gasteiger partial charge in [-0.3, -0.25) is 0 Å². The molecule has 1 rings (SSSR count). The Kier molecular flexibility index (Phi) is 4.24. The van der Waals surface area contributed by atoms with E-state index < -0.39 is 16.8 Å². The van der Waals surface area contributed by atoms with Gasteiger partial charge in [-0.05, 0) is 19.1 Å². The summed E-state index contributed by atoms with van der Waals surface area (Å²) in [7, 11) is -0.0160. The zero-order chi connectivity index (χ0) is 11.3. The molecule has 0 aromatic heterocycles. The van der Waals surface area contributed by atoms with Gasteiger partial charge in [0.05, 0.1) is 17.9 Å². The third-order valence-electron chi connectivity index (χ3n) is 1.78. The quantitative estimate of drug-likeness (QED) is 0.580. The van der Waals surface area contributed by atoms with Crippen LogP contribution in [-0.4, -0.2) is 17.3 Å². The van der Waals surface area contributed by atoms with Crippen LogP contribution >= 0.6 is 0 Å². The van der Waals surface area contributed by atoms with Crippen LogP contribution in [0.3, 0.4) is 0 Å². The molecule has 0 amide bonds. The fourth-order valence-corrected chi connectivity index (χ4v) is 1.73. The molecule has 0 heterocycles. The molecule has 0 N–H and O–H groups in total. The fourth-order valence-electron chi connectivity index (χ4n) is 0.936. The summed E-state index contributed by atoms with van der Waals surface area (Å²) in [5.74, 6) is -0.504. The summed E-state index contributed by atoms with van der Waals surface area (Å²) < 4.78 is 16.0. The number of aryl methyl sites for hydroxylation is 1.